The second kappa shape index (κ2) is 7.60. The van der Waals surface area contributed by atoms with Gasteiger partial charge in [-0.05, 0) is 54.6 Å². The van der Waals surface area contributed by atoms with Crippen molar-refractivity contribution in [3.63, 3.8) is 0 Å². The van der Waals surface area contributed by atoms with Gasteiger partial charge in [-0.2, -0.15) is 0 Å². The first-order valence-electron chi connectivity index (χ1n) is 11.3. The summed E-state index contributed by atoms with van der Waals surface area (Å²) in [6, 6.07) is 20.1. The zero-order chi connectivity index (χ0) is 19.8. The van der Waals surface area contributed by atoms with Gasteiger partial charge in [0.25, 0.3) is 0 Å². The summed E-state index contributed by atoms with van der Waals surface area (Å²) in [5.41, 5.74) is 0.888. The molecular weight excluding hydrogens is 358 g/mol. The number of hydrogen-bond donors (Lipinski definition) is 1. The van der Waals surface area contributed by atoms with E-state index in [1.165, 1.54) is 25.7 Å². The smallest absolute Gasteiger partial charge is 0.226 e. The van der Waals surface area contributed by atoms with E-state index in [0.29, 0.717) is 23.7 Å². The second-order valence-electron chi connectivity index (χ2n) is 9.24. The number of aliphatic hydroxyl groups is 1. The van der Waals surface area contributed by atoms with E-state index >= 15 is 0 Å². The molecule has 1 amide bonds. The van der Waals surface area contributed by atoms with Crippen molar-refractivity contribution in [2.75, 3.05) is 13.1 Å². The second-order valence-corrected chi connectivity index (χ2v) is 9.24. The van der Waals surface area contributed by atoms with Crippen LogP contribution in [0.3, 0.4) is 0 Å². The Morgan fingerprint density at radius 2 is 1.28 bits per heavy atom. The van der Waals surface area contributed by atoms with Crippen molar-refractivity contribution in [2.45, 2.75) is 44.1 Å². The van der Waals surface area contributed by atoms with E-state index in [1.54, 1.807) is 0 Å². The maximum atomic E-state index is 13.1. The molecule has 0 radical (unpaired) electrons. The first-order valence-corrected chi connectivity index (χ1v) is 11.3. The molecule has 1 unspecified atom stereocenters. The molecule has 3 nitrogen and oxygen atoms in total. The molecule has 152 valence electrons. The fourth-order valence-electron chi connectivity index (χ4n) is 6.11. The molecule has 2 aromatic carbocycles. The SMILES string of the molecule is O=C(C1[C@H]2CCCC[C@@H]12)N1CCC(C(O)(c2ccccc2)c2ccccc2)CC1. The Kier molecular flexibility index (Phi) is 4.95. The van der Waals surface area contributed by atoms with Crippen LogP contribution in [0, 0.1) is 23.7 Å². The molecular formula is C26H31NO2. The van der Waals surface area contributed by atoms with Crippen molar-refractivity contribution in [3.05, 3.63) is 71.8 Å². The lowest BCUT2D eigenvalue weighted by Crippen LogP contribution is -2.46. The van der Waals surface area contributed by atoms with Gasteiger partial charge >= 0.3 is 0 Å². The van der Waals surface area contributed by atoms with Crippen molar-refractivity contribution in [2.24, 2.45) is 23.7 Å². The summed E-state index contributed by atoms with van der Waals surface area (Å²) >= 11 is 0. The molecule has 1 heterocycles. The molecule has 5 rings (SSSR count). The van der Waals surface area contributed by atoms with Gasteiger partial charge in [0.2, 0.25) is 5.91 Å². The Morgan fingerprint density at radius 1 is 0.793 bits per heavy atom. The largest absolute Gasteiger partial charge is 0.380 e. The number of rotatable bonds is 4. The van der Waals surface area contributed by atoms with Crippen LogP contribution in [0.1, 0.15) is 49.7 Å². The third-order valence-electron chi connectivity index (χ3n) is 7.77. The average molecular weight is 390 g/mol. The molecule has 3 atom stereocenters. The normalized spacial score (nSPS) is 27.3. The van der Waals surface area contributed by atoms with E-state index in [1.807, 2.05) is 60.7 Å². The number of carbonyl (C=O) groups is 1. The van der Waals surface area contributed by atoms with Crippen molar-refractivity contribution < 1.29 is 9.90 Å². The monoisotopic (exact) mass is 389 g/mol. The Bertz CT molecular complexity index is 790. The van der Waals surface area contributed by atoms with Gasteiger partial charge < -0.3 is 10.0 Å². The van der Waals surface area contributed by atoms with Crippen LogP contribution >= 0.6 is 0 Å². The van der Waals surface area contributed by atoms with Crippen LogP contribution in [0.15, 0.2) is 60.7 Å². The Balaban J connectivity index is 1.33. The quantitative estimate of drug-likeness (QED) is 0.830. The van der Waals surface area contributed by atoms with Crippen LogP contribution in [0.2, 0.25) is 0 Å². The summed E-state index contributed by atoms with van der Waals surface area (Å²) in [6.45, 7) is 1.53. The minimum Gasteiger partial charge on any atom is -0.380 e. The lowest BCUT2D eigenvalue weighted by atomic mass is 9.72. The van der Waals surface area contributed by atoms with Gasteiger partial charge in [-0.3, -0.25) is 4.79 Å². The van der Waals surface area contributed by atoms with E-state index in [2.05, 4.69) is 4.90 Å². The molecule has 3 aliphatic rings. The minimum atomic E-state index is -1.01. The fraction of sp³-hybridized carbons (Fsp3) is 0.500. The molecule has 1 aliphatic heterocycles. The number of piperidine rings is 1. The molecule has 2 aromatic rings. The van der Waals surface area contributed by atoms with Crippen LogP contribution < -0.4 is 0 Å². The predicted molar refractivity (Wildman–Crippen MR) is 114 cm³/mol. The van der Waals surface area contributed by atoms with Gasteiger partial charge in [0.1, 0.15) is 5.60 Å². The average Bonchev–Trinajstić information content (AvgIpc) is 3.54. The highest BCUT2D eigenvalue weighted by atomic mass is 16.3. The number of hydrogen-bond acceptors (Lipinski definition) is 2. The van der Waals surface area contributed by atoms with Gasteiger partial charge in [0, 0.05) is 19.0 Å². The first-order chi connectivity index (χ1) is 14.2. The fourth-order valence-corrected chi connectivity index (χ4v) is 6.11. The summed E-state index contributed by atoms with van der Waals surface area (Å²) in [5.74, 6) is 2.14. The van der Waals surface area contributed by atoms with Gasteiger partial charge in [-0.25, -0.2) is 0 Å². The highest BCUT2D eigenvalue weighted by molar-refractivity contribution is 5.82. The van der Waals surface area contributed by atoms with Gasteiger partial charge in [0.15, 0.2) is 0 Å². The number of amides is 1. The number of nitrogens with zero attached hydrogens (tertiary/aromatic N) is 1. The van der Waals surface area contributed by atoms with Gasteiger partial charge in [-0.15, -0.1) is 0 Å². The third kappa shape index (κ3) is 3.30. The highest BCUT2D eigenvalue weighted by Crippen LogP contribution is 2.56. The van der Waals surface area contributed by atoms with E-state index in [-0.39, 0.29) is 5.92 Å². The molecule has 29 heavy (non-hydrogen) atoms. The molecule has 3 heteroatoms. The minimum absolute atomic E-state index is 0.109. The summed E-state index contributed by atoms with van der Waals surface area (Å²) < 4.78 is 0. The van der Waals surface area contributed by atoms with Crippen LogP contribution in [0.25, 0.3) is 0 Å². The van der Waals surface area contributed by atoms with E-state index in [4.69, 9.17) is 0 Å². The molecule has 0 aromatic heterocycles. The van der Waals surface area contributed by atoms with Crippen LogP contribution in [-0.4, -0.2) is 29.0 Å². The number of likely N-dealkylation sites (tertiary alicyclic amines) is 1. The van der Waals surface area contributed by atoms with Crippen molar-refractivity contribution in [3.8, 4) is 0 Å². The Hall–Kier alpha value is -2.13. The molecule has 1 N–H and O–H groups in total. The zero-order valence-corrected chi connectivity index (χ0v) is 17.0. The Labute approximate surface area is 173 Å². The van der Waals surface area contributed by atoms with Gasteiger partial charge in [0.05, 0.1) is 0 Å². The van der Waals surface area contributed by atoms with Crippen molar-refractivity contribution in [1.29, 1.82) is 0 Å². The van der Waals surface area contributed by atoms with Crippen LogP contribution in [0.5, 0.6) is 0 Å². The molecule has 1 saturated heterocycles. The summed E-state index contributed by atoms with van der Waals surface area (Å²) in [5, 5.41) is 12.0. The number of carbonyl (C=O) groups excluding carboxylic acids is 1. The summed E-state index contributed by atoms with van der Waals surface area (Å²) in [4.78, 5) is 15.2. The molecule has 0 bridgehead atoms. The topological polar surface area (TPSA) is 40.5 Å². The van der Waals surface area contributed by atoms with Crippen molar-refractivity contribution >= 4 is 5.91 Å². The zero-order valence-electron chi connectivity index (χ0n) is 17.0. The molecule has 2 aliphatic carbocycles. The summed E-state index contributed by atoms with van der Waals surface area (Å²) in [7, 11) is 0. The standard InChI is InChI=1S/C26H31NO2/c28-25(24-22-13-7-8-14-23(22)24)27-17-15-21(16-18-27)26(29,19-9-3-1-4-10-19)20-11-5-2-6-12-20/h1-6,9-12,21-24,29H,7-8,13-18H2/t22-,23+,24?. The van der Waals surface area contributed by atoms with Gasteiger partial charge in [-0.1, -0.05) is 73.5 Å². The third-order valence-corrected chi connectivity index (χ3v) is 7.77. The predicted octanol–water partition coefficient (Wildman–Crippen LogP) is 4.60. The molecule has 2 saturated carbocycles. The summed E-state index contributed by atoms with van der Waals surface area (Å²) in [6.07, 6.45) is 6.78. The maximum Gasteiger partial charge on any atom is 0.226 e. The maximum absolute atomic E-state index is 13.1. The molecule has 0 spiro atoms. The lowest BCUT2D eigenvalue weighted by molar-refractivity contribution is -0.136. The highest BCUT2D eigenvalue weighted by Gasteiger charge is 2.56. The lowest BCUT2D eigenvalue weighted by Gasteiger charge is -2.42. The molecule has 3 fully saturated rings. The first kappa shape index (κ1) is 18.9. The van der Waals surface area contributed by atoms with Crippen molar-refractivity contribution in [1.82, 2.24) is 4.90 Å². The number of benzene rings is 2. The van der Waals surface area contributed by atoms with E-state index in [0.717, 1.165) is 37.1 Å². The van der Waals surface area contributed by atoms with Crippen LogP contribution in [-0.2, 0) is 10.4 Å². The number of fused-ring (bicyclic) bond motifs is 1. The van der Waals surface area contributed by atoms with E-state index in [9.17, 15) is 9.90 Å². The van der Waals surface area contributed by atoms with E-state index < -0.39 is 5.60 Å². The van der Waals surface area contributed by atoms with Crippen LogP contribution in [0.4, 0.5) is 0 Å². The Morgan fingerprint density at radius 3 is 1.76 bits per heavy atom.